The number of allylic oxidation sites excluding steroid dienone is 1. The molecule has 1 saturated heterocycles. The number of fused-ring (bicyclic) bond motifs is 1. The third-order valence-corrected chi connectivity index (χ3v) is 7.02. The first-order valence-electron chi connectivity index (χ1n) is 12.7. The van der Waals surface area contributed by atoms with Crippen LogP contribution in [0.5, 0.6) is 5.75 Å². The number of hydrogen-bond donors (Lipinski definition) is 2. The second kappa shape index (κ2) is 11.5. The molecule has 0 aliphatic carbocycles. The first-order valence-corrected chi connectivity index (χ1v) is 12.7. The summed E-state index contributed by atoms with van der Waals surface area (Å²) >= 11 is 0. The van der Waals surface area contributed by atoms with Crippen LogP contribution in [-0.2, 0) is 4.79 Å². The molecule has 3 unspecified atom stereocenters. The number of carbonyl (C=O) groups excluding carboxylic acids is 2. The van der Waals surface area contributed by atoms with E-state index in [0.717, 1.165) is 63.1 Å². The van der Waals surface area contributed by atoms with E-state index in [9.17, 15) is 9.59 Å². The van der Waals surface area contributed by atoms with Gasteiger partial charge in [-0.15, -0.1) is 0 Å². The Morgan fingerprint density at radius 2 is 2.29 bits per heavy atom. The van der Waals surface area contributed by atoms with Gasteiger partial charge in [0.15, 0.2) is 11.6 Å². The Morgan fingerprint density at radius 3 is 3.09 bits per heavy atom. The summed E-state index contributed by atoms with van der Waals surface area (Å²) in [6.07, 6.45) is 12.5. The molecule has 1 aromatic heterocycles. The van der Waals surface area contributed by atoms with Gasteiger partial charge in [-0.25, -0.2) is 4.98 Å². The fourth-order valence-electron chi connectivity index (χ4n) is 4.78. The number of ether oxygens (including phenoxy) is 1. The van der Waals surface area contributed by atoms with Crippen LogP contribution in [0, 0.1) is 11.8 Å². The molecule has 8 heteroatoms. The highest BCUT2D eigenvalue weighted by Crippen LogP contribution is 2.34. The maximum absolute atomic E-state index is 13.3. The van der Waals surface area contributed by atoms with Crippen LogP contribution in [0.15, 0.2) is 48.5 Å². The van der Waals surface area contributed by atoms with E-state index in [4.69, 9.17) is 4.74 Å². The lowest BCUT2D eigenvalue weighted by Crippen LogP contribution is -2.43. The Hall–Kier alpha value is -3.13. The minimum absolute atomic E-state index is 0.00409. The molecular weight excluding hydrogens is 442 g/mol. The van der Waals surface area contributed by atoms with E-state index in [1.807, 2.05) is 30.2 Å². The summed E-state index contributed by atoms with van der Waals surface area (Å²) in [6, 6.07) is 1.83. The molecule has 4 heterocycles. The van der Waals surface area contributed by atoms with Crippen molar-refractivity contribution in [3.05, 3.63) is 54.0 Å². The zero-order chi connectivity index (χ0) is 24.8. The normalized spacial score (nSPS) is 22.4. The van der Waals surface area contributed by atoms with Crippen molar-refractivity contribution in [2.24, 2.45) is 11.8 Å². The molecule has 2 N–H and O–H groups in total. The van der Waals surface area contributed by atoms with Gasteiger partial charge in [-0.1, -0.05) is 26.0 Å². The second-order valence-electron chi connectivity index (χ2n) is 9.57. The number of amides is 1. The summed E-state index contributed by atoms with van der Waals surface area (Å²) in [5, 5.41) is 6.71. The van der Waals surface area contributed by atoms with Gasteiger partial charge in [-0.2, -0.15) is 0 Å². The maximum Gasteiger partial charge on any atom is 0.255 e. The number of nitrogens with zero attached hydrogens (tertiary/aromatic N) is 3. The number of pyridine rings is 1. The molecule has 3 aliphatic heterocycles. The quantitative estimate of drug-likeness (QED) is 0.415. The van der Waals surface area contributed by atoms with Crippen molar-refractivity contribution in [2.75, 3.05) is 37.7 Å². The molecule has 4 rings (SSSR count). The fraction of sp³-hybridized carbons (Fsp3) is 0.519. The number of aromatic nitrogens is 1. The standard InChI is InChI=1S/C27H37N5O3/c1-4-20(3)21-6-5-11-31(17-21)27(34)22-14-24-26(30-16-22)32(12-13-35-24)23-8-10-29-25(15-23)28-9-7-19(2)18-33/h8,10,14-16,18-19,21,25,28-29H,3-7,9,11-13,17H2,1-2H3. The number of hydrogen-bond acceptors (Lipinski definition) is 7. The minimum atomic E-state index is -0.0362. The largest absolute Gasteiger partial charge is 0.488 e. The number of rotatable bonds is 9. The molecule has 35 heavy (non-hydrogen) atoms. The summed E-state index contributed by atoms with van der Waals surface area (Å²) in [5.41, 5.74) is 2.80. The lowest BCUT2D eigenvalue weighted by atomic mass is 9.89. The Morgan fingerprint density at radius 1 is 1.43 bits per heavy atom. The average molecular weight is 480 g/mol. The summed E-state index contributed by atoms with van der Waals surface area (Å²) < 4.78 is 5.93. The summed E-state index contributed by atoms with van der Waals surface area (Å²) in [6.45, 7) is 11.7. The van der Waals surface area contributed by atoms with Crippen molar-refractivity contribution in [3.63, 3.8) is 0 Å². The molecule has 3 aliphatic rings. The van der Waals surface area contributed by atoms with Gasteiger partial charge >= 0.3 is 0 Å². The third kappa shape index (κ3) is 5.93. The predicted octanol–water partition coefficient (Wildman–Crippen LogP) is 3.24. The molecular formula is C27H37N5O3. The van der Waals surface area contributed by atoms with Crippen molar-refractivity contribution < 1.29 is 14.3 Å². The molecule has 8 nitrogen and oxygen atoms in total. The smallest absolute Gasteiger partial charge is 0.255 e. The van der Waals surface area contributed by atoms with E-state index in [-0.39, 0.29) is 18.0 Å². The van der Waals surface area contributed by atoms with Crippen LogP contribution in [0.2, 0.25) is 0 Å². The van der Waals surface area contributed by atoms with Gasteiger partial charge in [-0.05, 0) is 62.6 Å². The lowest BCUT2D eigenvalue weighted by molar-refractivity contribution is -0.110. The molecule has 1 aromatic rings. The number of anilines is 1. The number of nitrogens with one attached hydrogen (secondary N) is 2. The Kier molecular flexibility index (Phi) is 8.23. The number of carbonyl (C=O) groups is 2. The molecule has 3 atom stereocenters. The van der Waals surface area contributed by atoms with Gasteiger partial charge < -0.3 is 24.6 Å². The fourth-order valence-corrected chi connectivity index (χ4v) is 4.78. The molecule has 0 spiro atoms. The van der Waals surface area contributed by atoms with Crippen LogP contribution >= 0.6 is 0 Å². The second-order valence-corrected chi connectivity index (χ2v) is 9.57. The van der Waals surface area contributed by atoms with Crippen molar-refractivity contribution in [1.29, 1.82) is 0 Å². The van der Waals surface area contributed by atoms with Crippen LogP contribution < -0.4 is 20.3 Å². The molecule has 0 bridgehead atoms. The number of likely N-dealkylation sites (tertiary alicyclic amines) is 1. The van der Waals surface area contributed by atoms with Crippen LogP contribution in [0.4, 0.5) is 5.82 Å². The molecule has 1 fully saturated rings. The van der Waals surface area contributed by atoms with E-state index in [1.54, 1.807) is 6.20 Å². The lowest BCUT2D eigenvalue weighted by Gasteiger charge is -2.35. The highest BCUT2D eigenvalue weighted by atomic mass is 16.5. The summed E-state index contributed by atoms with van der Waals surface area (Å²) in [5.74, 6) is 1.76. The number of dihydropyridines is 1. The van der Waals surface area contributed by atoms with Crippen molar-refractivity contribution >= 4 is 18.0 Å². The molecule has 188 valence electrons. The van der Waals surface area contributed by atoms with Crippen LogP contribution in [0.1, 0.15) is 49.9 Å². The van der Waals surface area contributed by atoms with Crippen molar-refractivity contribution in [3.8, 4) is 5.75 Å². The third-order valence-electron chi connectivity index (χ3n) is 7.02. The monoisotopic (exact) mass is 479 g/mol. The Labute approximate surface area is 208 Å². The van der Waals surface area contributed by atoms with E-state index in [0.29, 0.717) is 30.4 Å². The van der Waals surface area contributed by atoms with Crippen LogP contribution in [0.3, 0.4) is 0 Å². The summed E-state index contributed by atoms with van der Waals surface area (Å²) in [7, 11) is 0. The molecule has 0 radical (unpaired) electrons. The first kappa shape index (κ1) is 25.0. The van der Waals surface area contributed by atoms with Gasteiger partial charge in [0.05, 0.1) is 18.3 Å². The van der Waals surface area contributed by atoms with E-state index < -0.39 is 0 Å². The average Bonchev–Trinajstić information content (AvgIpc) is 2.91. The topological polar surface area (TPSA) is 86.8 Å². The van der Waals surface area contributed by atoms with Gasteiger partial charge in [0.2, 0.25) is 0 Å². The van der Waals surface area contributed by atoms with E-state index >= 15 is 0 Å². The zero-order valence-corrected chi connectivity index (χ0v) is 20.8. The van der Waals surface area contributed by atoms with Crippen molar-refractivity contribution in [2.45, 2.75) is 45.7 Å². The predicted molar refractivity (Wildman–Crippen MR) is 137 cm³/mol. The number of piperidine rings is 1. The highest BCUT2D eigenvalue weighted by molar-refractivity contribution is 5.95. The highest BCUT2D eigenvalue weighted by Gasteiger charge is 2.28. The molecule has 0 aromatic carbocycles. The SMILES string of the molecule is C=C(CC)C1CCCN(C(=O)c2cnc3c(c2)OCCN3C2=CC(NCCC(C)C=O)NC=C2)C1. The molecule has 0 saturated carbocycles. The van der Waals surface area contributed by atoms with Gasteiger partial charge in [0.25, 0.3) is 5.91 Å². The molecule has 1 amide bonds. The van der Waals surface area contributed by atoms with Gasteiger partial charge in [0, 0.05) is 30.9 Å². The first-order chi connectivity index (χ1) is 17.0. The Bertz CT molecular complexity index is 1000. The minimum Gasteiger partial charge on any atom is -0.488 e. The van der Waals surface area contributed by atoms with Crippen LogP contribution in [0.25, 0.3) is 0 Å². The van der Waals surface area contributed by atoms with Crippen LogP contribution in [-0.4, -0.2) is 61.0 Å². The van der Waals surface area contributed by atoms with Gasteiger partial charge in [-0.3, -0.25) is 10.1 Å². The van der Waals surface area contributed by atoms with Crippen molar-refractivity contribution in [1.82, 2.24) is 20.5 Å². The summed E-state index contributed by atoms with van der Waals surface area (Å²) in [4.78, 5) is 32.8. The van der Waals surface area contributed by atoms with E-state index in [1.165, 1.54) is 5.57 Å². The number of aldehydes is 1. The zero-order valence-electron chi connectivity index (χ0n) is 20.8. The van der Waals surface area contributed by atoms with E-state index in [2.05, 4.69) is 40.1 Å². The Balaban J connectivity index is 1.45. The van der Waals surface area contributed by atoms with Gasteiger partial charge in [0.1, 0.15) is 12.9 Å². The maximum atomic E-state index is 13.3.